The number of aromatic nitrogens is 3. The highest BCUT2D eigenvalue weighted by Crippen LogP contribution is 2.15. The van der Waals surface area contributed by atoms with E-state index in [0.717, 1.165) is 25.9 Å². The summed E-state index contributed by atoms with van der Waals surface area (Å²) in [6.45, 7) is 3.34. The van der Waals surface area contributed by atoms with Gasteiger partial charge in [-0.05, 0) is 26.2 Å². The van der Waals surface area contributed by atoms with E-state index in [0.29, 0.717) is 0 Å². The number of ether oxygens (including phenoxy) is 1. The van der Waals surface area contributed by atoms with Crippen LogP contribution in [0.4, 0.5) is 0 Å². The molecule has 2 heterocycles. The van der Waals surface area contributed by atoms with Gasteiger partial charge in [-0.2, -0.15) is 0 Å². The van der Waals surface area contributed by atoms with Crippen molar-refractivity contribution < 1.29 is 14.3 Å². The molecule has 7 heteroatoms. The molecule has 1 unspecified atom stereocenters. The summed E-state index contributed by atoms with van der Waals surface area (Å²) in [5.41, 5.74) is 0.112. The van der Waals surface area contributed by atoms with E-state index >= 15 is 0 Å². The zero-order valence-electron chi connectivity index (χ0n) is 11.2. The molecule has 2 rings (SSSR count). The molecule has 0 radical (unpaired) electrons. The second kappa shape index (κ2) is 5.81. The van der Waals surface area contributed by atoms with Crippen molar-refractivity contribution in [1.82, 2.24) is 19.9 Å². The predicted molar refractivity (Wildman–Crippen MR) is 66.5 cm³/mol. The summed E-state index contributed by atoms with van der Waals surface area (Å²) < 4.78 is 5.96. The molecule has 1 atom stereocenters. The van der Waals surface area contributed by atoms with Gasteiger partial charge in [0, 0.05) is 13.1 Å². The first-order valence-electron chi connectivity index (χ1n) is 6.42. The van der Waals surface area contributed by atoms with Gasteiger partial charge in [0.2, 0.25) is 5.91 Å². The van der Waals surface area contributed by atoms with E-state index < -0.39 is 12.0 Å². The number of amides is 1. The number of nitrogens with zero attached hydrogens (tertiary/aromatic N) is 4. The topological polar surface area (TPSA) is 77.3 Å². The lowest BCUT2D eigenvalue weighted by molar-refractivity contribution is -0.135. The van der Waals surface area contributed by atoms with E-state index in [4.69, 9.17) is 0 Å². The first-order chi connectivity index (χ1) is 9.13. The van der Waals surface area contributed by atoms with Crippen LogP contribution in [0.1, 0.15) is 42.7 Å². The molecule has 1 aliphatic rings. The Bertz CT molecular complexity index is 465. The van der Waals surface area contributed by atoms with Gasteiger partial charge in [0.05, 0.1) is 13.3 Å². The summed E-state index contributed by atoms with van der Waals surface area (Å²) in [6, 6.07) is -0.455. The minimum atomic E-state index is -0.552. The van der Waals surface area contributed by atoms with Gasteiger partial charge in [0.25, 0.3) is 0 Å². The quantitative estimate of drug-likeness (QED) is 0.750. The van der Waals surface area contributed by atoms with Gasteiger partial charge in [0.1, 0.15) is 6.04 Å². The molecule has 1 aromatic heterocycles. The van der Waals surface area contributed by atoms with Crippen LogP contribution in [0.25, 0.3) is 0 Å². The van der Waals surface area contributed by atoms with Gasteiger partial charge in [-0.15, -0.1) is 5.10 Å². The highest BCUT2D eigenvalue weighted by Gasteiger charge is 2.25. The van der Waals surface area contributed by atoms with Crippen molar-refractivity contribution in [3.05, 3.63) is 11.9 Å². The number of esters is 1. The van der Waals surface area contributed by atoms with Gasteiger partial charge in [-0.3, -0.25) is 4.79 Å². The molecule has 1 aromatic rings. The van der Waals surface area contributed by atoms with E-state index in [1.165, 1.54) is 24.4 Å². The Morgan fingerprint density at radius 2 is 2.00 bits per heavy atom. The SMILES string of the molecule is COC(=O)c1cn(C(C)C(=O)N2CCCCC2)nn1. The smallest absolute Gasteiger partial charge is 0.360 e. The third-order valence-electron chi connectivity index (χ3n) is 3.33. The molecule has 0 bridgehead atoms. The minimum Gasteiger partial charge on any atom is -0.464 e. The molecule has 1 fully saturated rings. The average Bonchev–Trinajstić information content (AvgIpc) is 2.95. The van der Waals surface area contributed by atoms with Crippen LogP contribution >= 0.6 is 0 Å². The molecule has 0 aromatic carbocycles. The van der Waals surface area contributed by atoms with E-state index in [1.54, 1.807) is 6.92 Å². The number of hydrogen-bond acceptors (Lipinski definition) is 5. The second-order valence-corrected chi connectivity index (χ2v) is 4.64. The Balaban J connectivity index is 2.05. The fourth-order valence-electron chi connectivity index (χ4n) is 2.16. The lowest BCUT2D eigenvalue weighted by Crippen LogP contribution is -2.39. The molecule has 104 valence electrons. The molecule has 0 saturated carbocycles. The Kier molecular flexibility index (Phi) is 4.13. The maximum absolute atomic E-state index is 12.3. The van der Waals surface area contributed by atoms with Crippen molar-refractivity contribution in [2.45, 2.75) is 32.2 Å². The van der Waals surface area contributed by atoms with Crippen LogP contribution < -0.4 is 0 Å². The molecule has 1 amide bonds. The highest BCUT2D eigenvalue weighted by molar-refractivity contribution is 5.86. The summed E-state index contributed by atoms with van der Waals surface area (Å²) in [5.74, 6) is -0.537. The van der Waals surface area contributed by atoms with Crippen LogP contribution in [0.15, 0.2) is 6.20 Å². The first kappa shape index (κ1) is 13.5. The Morgan fingerprint density at radius 1 is 1.32 bits per heavy atom. The molecular weight excluding hydrogens is 248 g/mol. The second-order valence-electron chi connectivity index (χ2n) is 4.64. The van der Waals surface area contributed by atoms with Crippen LogP contribution in [-0.4, -0.2) is 52.0 Å². The molecule has 1 saturated heterocycles. The van der Waals surface area contributed by atoms with Gasteiger partial charge in [-0.1, -0.05) is 5.21 Å². The Hall–Kier alpha value is -1.92. The number of carbonyl (C=O) groups is 2. The number of likely N-dealkylation sites (tertiary alicyclic amines) is 1. The molecule has 0 aliphatic carbocycles. The van der Waals surface area contributed by atoms with E-state index in [1.807, 2.05) is 4.90 Å². The van der Waals surface area contributed by atoms with Crippen LogP contribution in [0.5, 0.6) is 0 Å². The number of carbonyl (C=O) groups excluding carboxylic acids is 2. The first-order valence-corrected chi connectivity index (χ1v) is 6.42. The third kappa shape index (κ3) is 2.91. The Labute approximate surface area is 111 Å². The van der Waals surface area contributed by atoms with Gasteiger partial charge in [-0.25, -0.2) is 9.48 Å². The normalized spacial score (nSPS) is 17.1. The van der Waals surface area contributed by atoms with Gasteiger partial charge >= 0.3 is 5.97 Å². The number of piperidine rings is 1. The molecule has 0 N–H and O–H groups in total. The monoisotopic (exact) mass is 266 g/mol. The van der Waals surface area contributed by atoms with Crippen LogP contribution in [0.3, 0.4) is 0 Å². The molecule has 19 heavy (non-hydrogen) atoms. The van der Waals surface area contributed by atoms with Crippen molar-refractivity contribution in [3.8, 4) is 0 Å². The molecule has 7 nitrogen and oxygen atoms in total. The van der Waals surface area contributed by atoms with E-state index in [2.05, 4.69) is 15.0 Å². The van der Waals surface area contributed by atoms with E-state index in [9.17, 15) is 9.59 Å². The fraction of sp³-hybridized carbons (Fsp3) is 0.667. The highest BCUT2D eigenvalue weighted by atomic mass is 16.5. The zero-order valence-corrected chi connectivity index (χ0v) is 11.2. The third-order valence-corrected chi connectivity index (χ3v) is 3.33. The van der Waals surface area contributed by atoms with Crippen molar-refractivity contribution in [3.63, 3.8) is 0 Å². The minimum absolute atomic E-state index is 0.0148. The molecule has 0 spiro atoms. The maximum atomic E-state index is 12.3. The number of rotatable bonds is 3. The summed E-state index contributed by atoms with van der Waals surface area (Å²) in [5, 5.41) is 7.52. The van der Waals surface area contributed by atoms with Crippen molar-refractivity contribution in [2.75, 3.05) is 20.2 Å². The van der Waals surface area contributed by atoms with Crippen LogP contribution in [0.2, 0.25) is 0 Å². The predicted octanol–water partition coefficient (Wildman–Crippen LogP) is 0.638. The summed E-state index contributed by atoms with van der Waals surface area (Å²) in [7, 11) is 1.28. The van der Waals surface area contributed by atoms with Crippen LogP contribution in [-0.2, 0) is 9.53 Å². The van der Waals surface area contributed by atoms with E-state index in [-0.39, 0.29) is 11.6 Å². The maximum Gasteiger partial charge on any atom is 0.360 e. The molecule has 1 aliphatic heterocycles. The fourth-order valence-corrected chi connectivity index (χ4v) is 2.16. The summed E-state index contributed by atoms with van der Waals surface area (Å²) in [4.78, 5) is 25.4. The average molecular weight is 266 g/mol. The number of methoxy groups -OCH3 is 1. The Morgan fingerprint density at radius 3 is 2.63 bits per heavy atom. The van der Waals surface area contributed by atoms with Crippen molar-refractivity contribution in [1.29, 1.82) is 0 Å². The van der Waals surface area contributed by atoms with Crippen molar-refractivity contribution in [2.24, 2.45) is 0 Å². The van der Waals surface area contributed by atoms with Crippen LogP contribution in [0, 0.1) is 0 Å². The van der Waals surface area contributed by atoms with Gasteiger partial charge < -0.3 is 9.64 Å². The standard InChI is InChI=1S/C12H18N4O3/c1-9(11(17)15-6-4-3-5-7-15)16-8-10(13-14-16)12(18)19-2/h8-9H,3-7H2,1-2H3. The number of hydrogen-bond donors (Lipinski definition) is 0. The van der Waals surface area contributed by atoms with Gasteiger partial charge in [0.15, 0.2) is 5.69 Å². The summed E-state index contributed by atoms with van der Waals surface area (Å²) in [6.07, 6.45) is 4.71. The lowest BCUT2D eigenvalue weighted by atomic mass is 10.1. The zero-order chi connectivity index (χ0) is 13.8. The largest absolute Gasteiger partial charge is 0.464 e. The van der Waals surface area contributed by atoms with Crippen molar-refractivity contribution >= 4 is 11.9 Å². The lowest BCUT2D eigenvalue weighted by Gasteiger charge is -2.29. The summed E-state index contributed by atoms with van der Waals surface area (Å²) >= 11 is 0. The molecular formula is C12H18N4O3.